The van der Waals surface area contributed by atoms with Crippen LogP contribution in [0.2, 0.25) is 0 Å². The Balaban J connectivity index is 2.26. The molecule has 0 unspecified atom stereocenters. The van der Waals surface area contributed by atoms with E-state index in [0.717, 1.165) is 35.2 Å². The summed E-state index contributed by atoms with van der Waals surface area (Å²) in [4.78, 5) is 9.18. The van der Waals surface area contributed by atoms with E-state index in [1.165, 1.54) is 5.52 Å². The van der Waals surface area contributed by atoms with Gasteiger partial charge >= 0.3 is 0 Å². The average Bonchev–Trinajstić information content (AvgIpc) is 2.84. The minimum Gasteiger partial charge on any atom is -0.374 e. The highest BCUT2D eigenvalue weighted by molar-refractivity contribution is 6.02. The van der Waals surface area contributed by atoms with Gasteiger partial charge in [-0.25, -0.2) is 4.98 Å². The fourth-order valence-corrected chi connectivity index (χ4v) is 2.58. The Morgan fingerprint density at radius 1 is 1.15 bits per heavy atom. The van der Waals surface area contributed by atoms with Crippen molar-refractivity contribution in [3.05, 3.63) is 36.3 Å². The van der Waals surface area contributed by atoms with Crippen LogP contribution in [-0.2, 0) is 17.9 Å². The molecule has 3 aromatic rings. The Morgan fingerprint density at radius 3 is 2.80 bits per heavy atom. The van der Waals surface area contributed by atoms with Crippen LogP contribution in [0, 0.1) is 0 Å². The minimum atomic E-state index is 0.555. The number of hydrogen-bond acceptors (Lipinski definition) is 3. The number of hydrogen-bond donors (Lipinski definition) is 0. The summed E-state index contributed by atoms with van der Waals surface area (Å²) >= 11 is 0. The van der Waals surface area contributed by atoms with Crippen LogP contribution in [0.15, 0.2) is 30.5 Å². The molecule has 0 aliphatic rings. The maximum Gasteiger partial charge on any atom is 0.136 e. The molecule has 0 amide bonds. The first-order valence-corrected chi connectivity index (χ1v) is 7.15. The third-order valence-electron chi connectivity index (χ3n) is 3.44. The van der Waals surface area contributed by atoms with Crippen molar-refractivity contribution in [2.45, 2.75) is 33.4 Å². The van der Waals surface area contributed by atoms with Crippen molar-refractivity contribution in [1.29, 1.82) is 0 Å². The van der Waals surface area contributed by atoms with Crippen molar-refractivity contribution in [3.63, 3.8) is 0 Å². The van der Waals surface area contributed by atoms with Crippen molar-refractivity contribution in [2.75, 3.05) is 6.61 Å². The zero-order chi connectivity index (χ0) is 13.9. The average molecular weight is 269 g/mol. The summed E-state index contributed by atoms with van der Waals surface area (Å²) in [6.45, 7) is 6.39. The third kappa shape index (κ3) is 2.16. The van der Waals surface area contributed by atoms with Crippen molar-refractivity contribution in [3.8, 4) is 0 Å². The zero-order valence-electron chi connectivity index (χ0n) is 12.0. The van der Waals surface area contributed by atoms with Gasteiger partial charge in [0, 0.05) is 18.5 Å². The molecule has 20 heavy (non-hydrogen) atoms. The number of nitrogens with zero attached hydrogens (tertiary/aromatic N) is 3. The molecule has 0 radical (unpaired) electrons. The van der Waals surface area contributed by atoms with E-state index in [9.17, 15) is 0 Å². The maximum absolute atomic E-state index is 5.54. The molecule has 0 aliphatic heterocycles. The molecule has 1 aromatic carbocycles. The van der Waals surface area contributed by atoms with Gasteiger partial charge in [-0.2, -0.15) is 0 Å². The molecule has 3 rings (SSSR count). The molecular formula is C16H19N3O. The van der Waals surface area contributed by atoms with E-state index < -0.39 is 0 Å². The summed E-state index contributed by atoms with van der Waals surface area (Å²) < 4.78 is 7.82. The Kier molecular flexibility index (Phi) is 3.65. The monoisotopic (exact) mass is 269 g/mol. The number of pyridine rings is 1. The lowest BCUT2D eigenvalue weighted by molar-refractivity contribution is 0.126. The fraction of sp³-hybridized carbons (Fsp3) is 0.375. The van der Waals surface area contributed by atoms with Crippen molar-refractivity contribution < 1.29 is 4.74 Å². The predicted octanol–water partition coefficient (Wildman–Crippen LogP) is 3.53. The summed E-state index contributed by atoms with van der Waals surface area (Å²) in [6, 6.07) is 8.22. The lowest BCUT2D eigenvalue weighted by Crippen LogP contribution is -2.05. The topological polar surface area (TPSA) is 39.9 Å². The Bertz CT molecular complexity index is 733. The summed E-state index contributed by atoms with van der Waals surface area (Å²) in [5.41, 5.74) is 3.14. The first-order valence-electron chi connectivity index (χ1n) is 7.15. The first-order chi connectivity index (χ1) is 9.85. The van der Waals surface area contributed by atoms with Crippen LogP contribution in [0.25, 0.3) is 21.9 Å². The van der Waals surface area contributed by atoms with Gasteiger partial charge < -0.3 is 9.30 Å². The van der Waals surface area contributed by atoms with E-state index in [1.807, 2.05) is 25.3 Å². The second-order valence-corrected chi connectivity index (χ2v) is 4.83. The molecule has 0 saturated heterocycles. The number of fused-ring (bicyclic) bond motifs is 3. The smallest absolute Gasteiger partial charge is 0.136 e. The van der Waals surface area contributed by atoms with Crippen LogP contribution in [0.5, 0.6) is 0 Å². The van der Waals surface area contributed by atoms with Crippen LogP contribution in [0.4, 0.5) is 0 Å². The summed E-state index contributed by atoms with van der Waals surface area (Å²) in [7, 11) is 0. The van der Waals surface area contributed by atoms with E-state index in [0.29, 0.717) is 13.2 Å². The van der Waals surface area contributed by atoms with E-state index in [-0.39, 0.29) is 0 Å². The molecule has 0 bridgehead atoms. The molecule has 4 heteroatoms. The van der Waals surface area contributed by atoms with Gasteiger partial charge in [-0.1, -0.05) is 25.1 Å². The van der Waals surface area contributed by atoms with Gasteiger partial charge in [0.25, 0.3) is 0 Å². The number of aromatic nitrogens is 3. The SMILES string of the molecule is CCCn1c(COCC)nc2cnc3ccccc3c21. The molecule has 0 aliphatic carbocycles. The molecule has 0 atom stereocenters. The number of ether oxygens (including phenoxy) is 1. The van der Waals surface area contributed by atoms with E-state index >= 15 is 0 Å². The van der Waals surface area contributed by atoms with E-state index in [1.54, 1.807) is 0 Å². The largest absolute Gasteiger partial charge is 0.374 e. The predicted molar refractivity (Wildman–Crippen MR) is 80.7 cm³/mol. The lowest BCUT2D eigenvalue weighted by Gasteiger charge is -2.09. The normalized spacial score (nSPS) is 11.5. The minimum absolute atomic E-state index is 0.555. The quantitative estimate of drug-likeness (QED) is 0.711. The highest BCUT2D eigenvalue weighted by Gasteiger charge is 2.13. The highest BCUT2D eigenvalue weighted by Crippen LogP contribution is 2.25. The Labute approximate surface area is 118 Å². The second kappa shape index (κ2) is 5.59. The molecule has 4 nitrogen and oxygen atoms in total. The van der Waals surface area contributed by atoms with E-state index in [4.69, 9.17) is 9.72 Å². The molecule has 0 spiro atoms. The molecular weight excluding hydrogens is 250 g/mol. The van der Waals surface area contributed by atoms with Gasteiger partial charge in [0.1, 0.15) is 17.9 Å². The van der Waals surface area contributed by atoms with Crippen LogP contribution >= 0.6 is 0 Å². The van der Waals surface area contributed by atoms with Crippen LogP contribution in [0.1, 0.15) is 26.1 Å². The Morgan fingerprint density at radius 2 is 2.00 bits per heavy atom. The van der Waals surface area contributed by atoms with Crippen molar-refractivity contribution in [1.82, 2.24) is 14.5 Å². The second-order valence-electron chi connectivity index (χ2n) is 4.83. The molecule has 0 fully saturated rings. The fourth-order valence-electron chi connectivity index (χ4n) is 2.58. The lowest BCUT2D eigenvalue weighted by atomic mass is 10.2. The zero-order valence-corrected chi connectivity index (χ0v) is 12.0. The summed E-state index contributed by atoms with van der Waals surface area (Å²) in [5.74, 6) is 0.988. The number of benzene rings is 1. The number of aryl methyl sites for hydroxylation is 1. The van der Waals surface area contributed by atoms with E-state index in [2.05, 4.69) is 28.6 Å². The maximum atomic E-state index is 5.54. The molecule has 0 N–H and O–H groups in total. The molecule has 2 heterocycles. The Hall–Kier alpha value is -1.94. The van der Waals surface area contributed by atoms with Gasteiger partial charge in [0.15, 0.2) is 0 Å². The van der Waals surface area contributed by atoms with Crippen LogP contribution in [0.3, 0.4) is 0 Å². The summed E-state index contributed by atoms with van der Waals surface area (Å²) in [6.07, 6.45) is 2.93. The van der Waals surface area contributed by atoms with Gasteiger partial charge in [-0.05, 0) is 19.4 Å². The van der Waals surface area contributed by atoms with Gasteiger partial charge in [0.2, 0.25) is 0 Å². The van der Waals surface area contributed by atoms with Crippen LogP contribution < -0.4 is 0 Å². The number of imidazole rings is 1. The van der Waals surface area contributed by atoms with Gasteiger partial charge in [-0.15, -0.1) is 0 Å². The number of rotatable bonds is 5. The van der Waals surface area contributed by atoms with Gasteiger partial charge in [0.05, 0.1) is 17.2 Å². The van der Waals surface area contributed by atoms with Crippen molar-refractivity contribution >= 4 is 21.9 Å². The summed E-state index contributed by atoms with van der Waals surface area (Å²) in [5, 5.41) is 1.16. The molecule has 0 saturated carbocycles. The van der Waals surface area contributed by atoms with Gasteiger partial charge in [-0.3, -0.25) is 4.98 Å². The highest BCUT2D eigenvalue weighted by atomic mass is 16.5. The van der Waals surface area contributed by atoms with Crippen LogP contribution in [-0.4, -0.2) is 21.1 Å². The standard InChI is InChI=1S/C16H19N3O/c1-3-9-19-15(11-20-4-2)18-14-10-17-13-8-6-5-7-12(13)16(14)19/h5-8,10H,3-4,9,11H2,1-2H3. The molecule has 2 aromatic heterocycles. The first kappa shape index (κ1) is 13.1. The third-order valence-corrected chi connectivity index (χ3v) is 3.44. The number of para-hydroxylation sites is 1. The molecule has 104 valence electrons. The van der Waals surface area contributed by atoms with Crippen molar-refractivity contribution in [2.24, 2.45) is 0 Å².